The quantitative estimate of drug-likeness (QED) is 0.185. The van der Waals surface area contributed by atoms with E-state index in [1.807, 2.05) is 60.7 Å². The largest absolute Gasteiger partial charge is 0.490 e. The molecule has 0 aliphatic heterocycles. The third-order valence-electron chi connectivity index (χ3n) is 4.47. The highest BCUT2D eigenvalue weighted by atomic mass is 16.6. The third-order valence-corrected chi connectivity index (χ3v) is 4.47. The van der Waals surface area contributed by atoms with E-state index in [-0.39, 0.29) is 17.4 Å². The second-order valence-corrected chi connectivity index (χ2v) is 6.85. The molecular formula is C23H20N8O3. The van der Waals surface area contributed by atoms with Crippen LogP contribution in [0.5, 0.6) is 5.75 Å². The topological polar surface area (TPSA) is 139 Å². The number of nitro benzene ring substituents is 1. The first-order valence-electron chi connectivity index (χ1n) is 10.1. The number of ether oxygens (including phenoxy) is 1. The first-order valence-corrected chi connectivity index (χ1v) is 10.1. The molecule has 0 unspecified atom stereocenters. The van der Waals surface area contributed by atoms with Crippen LogP contribution in [0.15, 0.2) is 84.0 Å². The van der Waals surface area contributed by atoms with Gasteiger partial charge in [-0.1, -0.05) is 36.4 Å². The molecule has 0 radical (unpaired) electrons. The van der Waals surface area contributed by atoms with Crippen LogP contribution in [0.3, 0.4) is 0 Å². The van der Waals surface area contributed by atoms with Gasteiger partial charge in [0.15, 0.2) is 5.75 Å². The Morgan fingerprint density at radius 2 is 1.41 bits per heavy atom. The van der Waals surface area contributed by atoms with Gasteiger partial charge in [0.25, 0.3) is 0 Å². The van der Waals surface area contributed by atoms with E-state index in [9.17, 15) is 10.1 Å². The molecule has 4 rings (SSSR count). The van der Waals surface area contributed by atoms with E-state index in [0.29, 0.717) is 17.5 Å². The highest BCUT2D eigenvalue weighted by molar-refractivity contribution is 5.82. The number of hydrogen-bond donors (Lipinski definition) is 3. The van der Waals surface area contributed by atoms with Crippen molar-refractivity contribution in [3.05, 3.63) is 94.5 Å². The van der Waals surface area contributed by atoms with Crippen molar-refractivity contribution < 1.29 is 9.66 Å². The summed E-state index contributed by atoms with van der Waals surface area (Å²) in [6.45, 7) is 0. The van der Waals surface area contributed by atoms with Crippen molar-refractivity contribution in [3.63, 3.8) is 0 Å². The van der Waals surface area contributed by atoms with Gasteiger partial charge >= 0.3 is 5.69 Å². The van der Waals surface area contributed by atoms with Crippen molar-refractivity contribution in [2.75, 3.05) is 23.2 Å². The molecule has 0 fully saturated rings. The highest BCUT2D eigenvalue weighted by Crippen LogP contribution is 2.27. The number of rotatable bonds is 9. The molecule has 0 atom stereocenters. The predicted molar refractivity (Wildman–Crippen MR) is 130 cm³/mol. The van der Waals surface area contributed by atoms with Gasteiger partial charge in [-0.2, -0.15) is 20.1 Å². The van der Waals surface area contributed by atoms with Gasteiger partial charge in [-0.25, -0.2) is 5.43 Å². The summed E-state index contributed by atoms with van der Waals surface area (Å²) in [5.74, 6) is 0.946. The van der Waals surface area contributed by atoms with Crippen molar-refractivity contribution in [1.29, 1.82) is 0 Å². The molecule has 11 heteroatoms. The maximum Gasteiger partial charge on any atom is 0.311 e. The van der Waals surface area contributed by atoms with E-state index >= 15 is 0 Å². The molecule has 0 saturated heterocycles. The molecule has 0 aliphatic carbocycles. The minimum absolute atomic E-state index is 0.157. The Kier molecular flexibility index (Phi) is 6.84. The Bertz CT molecular complexity index is 1240. The lowest BCUT2D eigenvalue weighted by Crippen LogP contribution is -2.07. The molecule has 11 nitrogen and oxygen atoms in total. The summed E-state index contributed by atoms with van der Waals surface area (Å²) in [6, 6.07) is 23.4. The maximum atomic E-state index is 11.2. The number of hydrazone groups is 1. The normalized spacial score (nSPS) is 10.6. The minimum Gasteiger partial charge on any atom is -0.490 e. The van der Waals surface area contributed by atoms with E-state index in [4.69, 9.17) is 4.74 Å². The van der Waals surface area contributed by atoms with E-state index in [1.165, 1.54) is 25.5 Å². The van der Waals surface area contributed by atoms with E-state index in [1.54, 1.807) is 6.07 Å². The highest BCUT2D eigenvalue weighted by Gasteiger charge is 2.14. The molecule has 0 aliphatic rings. The zero-order valence-electron chi connectivity index (χ0n) is 18.0. The Hall–Kier alpha value is -5.06. The Balaban J connectivity index is 1.57. The Morgan fingerprint density at radius 3 is 1.94 bits per heavy atom. The van der Waals surface area contributed by atoms with E-state index in [2.05, 4.69) is 36.1 Å². The summed E-state index contributed by atoms with van der Waals surface area (Å²) in [4.78, 5) is 23.8. The number of nitro groups is 1. The van der Waals surface area contributed by atoms with Crippen LogP contribution < -0.4 is 20.8 Å². The maximum absolute atomic E-state index is 11.2. The molecule has 0 spiro atoms. The first kappa shape index (κ1) is 22.1. The standard InChI is InChI=1S/C23H20N8O3/c1-34-20-13-12-16(14-19(20)31(32)33)15-24-30-23-28-21(25-17-8-4-2-5-9-17)27-22(29-23)26-18-10-6-3-7-11-18/h2-15H,1H3,(H3,25,26,27,28,29,30)/b24-15+. The lowest BCUT2D eigenvalue weighted by Gasteiger charge is -2.10. The van der Waals surface area contributed by atoms with Gasteiger partial charge in [0, 0.05) is 23.0 Å². The summed E-state index contributed by atoms with van der Waals surface area (Å²) in [5.41, 5.74) is 4.70. The van der Waals surface area contributed by atoms with Crippen molar-refractivity contribution >= 4 is 41.1 Å². The average Bonchev–Trinajstić information content (AvgIpc) is 2.85. The SMILES string of the molecule is COc1ccc(/C=N/Nc2nc(Nc3ccccc3)nc(Nc3ccccc3)n2)cc1[N+](=O)[O-]. The van der Waals surface area contributed by atoms with Gasteiger partial charge < -0.3 is 15.4 Å². The zero-order valence-corrected chi connectivity index (χ0v) is 18.0. The van der Waals surface area contributed by atoms with Crippen LogP contribution in [0.1, 0.15) is 5.56 Å². The molecule has 3 N–H and O–H groups in total. The first-order chi connectivity index (χ1) is 16.6. The second kappa shape index (κ2) is 10.5. The van der Waals surface area contributed by atoms with E-state index < -0.39 is 4.92 Å². The molecule has 3 aromatic carbocycles. The molecule has 0 amide bonds. The Labute approximate surface area is 194 Å². The van der Waals surface area contributed by atoms with Crippen LogP contribution in [0.2, 0.25) is 0 Å². The number of anilines is 5. The van der Waals surface area contributed by atoms with Crippen LogP contribution >= 0.6 is 0 Å². The minimum atomic E-state index is -0.515. The lowest BCUT2D eigenvalue weighted by molar-refractivity contribution is -0.385. The summed E-state index contributed by atoms with van der Waals surface area (Å²) < 4.78 is 5.02. The van der Waals surface area contributed by atoms with Crippen LogP contribution in [-0.2, 0) is 0 Å². The second-order valence-electron chi connectivity index (χ2n) is 6.85. The summed E-state index contributed by atoms with van der Waals surface area (Å²) >= 11 is 0. The third kappa shape index (κ3) is 5.79. The van der Waals surface area contributed by atoms with Crippen molar-refractivity contribution in [1.82, 2.24) is 15.0 Å². The summed E-state index contributed by atoms with van der Waals surface area (Å²) in [6.07, 6.45) is 1.42. The molecule has 4 aromatic rings. The molecule has 0 bridgehead atoms. The number of nitrogens with one attached hydrogen (secondary N) is 3. The van der Waals surface area contributed by atoms with Gasteiger partial charge in [-0.3, -0.25) is 10.1 Å². The Morgan fingerprint density at radius 1 is 0.853 bits per heavy atom. The van der Waals surface area contributed by atoms with Gasteiger partial charge in [0.05, 0.1) is 18.2 Å². The number of hydrogen-bond acceptors (Lipinski definition) is 10. The summed E-state index contributed by atoms with van der Waals surface area (Å²) in [5, 5.41) is 21.6. The van der Waals surface area contributed by atoms with Gasteiger partial charge in [-0.05, 0) is 36.4 Å². The average molecular weight is 456 g/mol. The number of nitrogens with zero attached hydrogens (tertiary/aromatic N) is 5. The monoisotopic (exact) mass is 456 g/mol. The zero-order chi connectivity index (χ0) is 23.8. The smallest absolute Gasteiger partial charge is 0.311 e. The van der Waals surface area contributed by atoms with Crippen LogP contribution in [0.25, 0.3) is 0 Å². The lowest BCUT2D eigenvalue weighted by atomic mass is 10.2. The van der Waals surface area contributed by atoms with Crippen LogP contribution in [0.4, 0.5) is 34.9 Å². The van der Waals surface area contributed by atoms with Gasteiger partial charge in [0.1, 0.15) is 0 Å². The predicted octanol–water partition coefficient (Wildman–Crippen LogP) is 4.72. The molecule has 1 heterocycles. The molecule has 170 valence electrons. The number of para-hydroxylation sites is 2. The fourth-order valence-electron chi connectivity index (χ4n) is 2.93. The molecule has 1 aromatic heterocycles. The van der Waals surface area contributed by atoms with Crippen molar-refractivity contribution in [2.24, 2.45) is 5.10 Å². The van der Waals surface area contributed by atoms with Gasteiger partial charge in [0.2, 0.25) is 17.8 Å². The number of benzene rings is 3. The van der Waals surface area contributed by atoms with Crippen molar-refractivity contribution in [2.45, 2.75) is 0 Å². The van der Waals surface area contributed by atoms with Gasteiger partial charge in [-0.15, -0.1) is 0 Å². The number of methoxy groups -OCH3 is 1. The molecular weight excluding hydrogens is 436 g/mol. The van der Waals surface area contributed by atoms with Crippen molar-refractivity contribution in [3.8, 4) is 5.75 Å². The fraction of sp³-hybridized carbons (Fsp3) is 0.0435. The van der Waals surface area contributed by atoms with E-state index in [0.717, 1.165) is 11.4 Å². The molecule has 0 saturated carbocycles. The number of aromatic nitrogens is 3. The molecule has 34 heavy (non-hydrogen) atoms. The van der Waals surface area contributed by atoms with Crippen LogP contribution in [-0.4, -0.2) is 33.2 Å². The van der Waals surface area contributed by atoms with Crippen LogP contribution in [0, 0.1) is 10.1 Å². The summed E-state index contributed by atoms with van der Waals surface area (Å²) in [7, 11) is 1.38. The fourth-order valence-corrected chi connectivity index (χ4v) is 2.93.